The largest absolute Gasteiger partial charge is 0.396 e. The van der Waals surface area contributed by atoms with Crippen LogP contribution >= 0.6 is 0 Å². The van der Waals surface area contributed by atoms with Crippen LogP contribution in [0.15, 0.2) is 54.6 Å². The van der Waals surface area contributed by atoms with Crippen LogP contribution in [0.2, 0.25) is 0 Å². The predicted molar refractivity (Wildman–Crippen MR) is 149 cm³/mol. The molecule has 8 heteroatoms. The number of anilines is 1. The Morgan fingerprint density at radius 1 is 0.872 bits per heavy atom. The van der Waals surface area contributed by atoms with E-state index >= 15 is 0 Å². The van der Waals surface area contributed by atoms with Crippen molar-refractivity contribution in [1.82, 2.24) is 9.80 Å². The van der Waals surface area contributed by atoms with Gasteiger partial charge in [-0.2, -0.15) is 0 Å². The second-order valence-electron chi connectivity index (χ2n) is 11.2. The molecule has 4 aliphatic rings. The highest BCUT2D eigenvalue weighted by Gasteiger charge is 2.75. The first-order valence-electron chi connectivity index (χ1n) is 14.6. The molecule has 2 saturated heterocycles. The number of ether oxygens (including phenoxy) is 1. The number of aliphatic hydroxyl groups is 1. The highest BCUT2D eigenvalue weighted by molar-refractivity contribution is 6.04. The Morgan fingerprint density at radius 3 is 2.33 bits per heavy atom. The minimum atomic E-state index is -1.23. The monoisotopic (exact) mass is 535 g/mol. The van der Waals surface area contributed by atoms with Crippen molar-refractivity contribution < 1.29 is 24.2 Å². The summed E-state index contributed by atoms with van der Waals surface area (Å²) in [6.07, 6.45) is 12.4. The molecule has 0 aliphatic carbocycles. The topological polar surface area (TPSA) is 90.4 Å². The molecule has 210 valence electrons. The van der Waals surface area contributed by atoms with E-state index in [2.05, 4.69) is 6.92 Å². The van der Waals surface area contributed by atoms with Crippen molar-refractivity contribution in [2.24, 2.45) is 11.8 Å². The standard InChI is InChI=1S/C31H41N3O5/c1-3-5-9-18-32-19-13-17-31-25(28(37)34(20-10-11-22-35)26(31)29(32)38)24-27(36)33(23-14-7-6-8-15-23)21-12-16-30(24,4-2)39-31/h6-8,12-17,24-26,35H,3-5,9-11,18-22H2,1-2H3/t24-,25+,26?,30+,31+/m1/s1. The molecule has 1 unspecified atom stereocenters. The SMILES string of the molecule is CCCCCN1CC=C[C@]23O[C@@]4(CC)C=CCN(c5ccccc5)C(=O)[C@H]4[C@H]2C(=O)N(CCCCO)C3C1=O. The molecular weight excluding hydrogens is 494 g/mol. The lowest BCUT2D eigenvalue weighted by atomic mass is 9.73. The summed E-state index contributed by atoms with van der Waals surface area (Å²) in [6.45, 7) is 5.94. The van der Waals surface area contributed by atoms with E-state index in [0.717, 1.165) is 24.9 Å². The number of aliphatic hydroxyl groups excluding tert-OH is 1. The van der Waals surface area contributed by atoms with Crippen LogP contribution < -0.4 is 4.90 Å². The Bertz CT molecular complexity index is 1140. The summed E-state index contributed by atoms with van der Waals surface area (Å²) in [4.78, 5) is 48.2. The fourth-order valence-electron chi connectivity index (χ4n) is 7.03. The van der Waals surface area contributed by atoms with Crippen LogP contribution in [0.1, 0.15) is 52.4 Å². The zero-order chi connectivity index (χ0) is 27.6. The summed E-state index contributed by atoms with van der Waals surface area (Å²) in [5, 5.41) is 9.41. The van der Waals surface area contributed by atoms with Crippen molar-refractivity contribution in [2.45, 2.75) is 69.6 Å². The zero-order valence-corrected chi connectivity index (χ0v) is 23.1. The molecule has 1 spiro atoms. The smallest absolute Gasteiger partial charge is 0.249 e. The van der Waals surface area contributed by atoms with E-state index in [9.17, 15) is 19.5 Å². The molecule has 1 N–H and O–H groups in total. The first kappa shape index (κ1) is 27.6. The van der Waals surface area contributed by atoms with Crippen LogP contribution in [0, 0.1) is 11.8 Å². The van der Waals surface area contributed by atoms with Gasteiger partial charge in [0.15, 0.2) is 0 Å². The number of hydrogen-bond acceptors (Lipinski definition) is 5. The Labute approximate surface area is 231 Å². The maximum atomic E-state index is 14.4. The molecule has 4 heterocycles. The van der Waals surface area contributed by atoms with Crippen molar-refractivity contribution >= 4 is 23.4 Å². The molecule has 0 radical (unpaired) electrons. The Morgan fingerprint density at radius 2 is 1.62 bits per heavy atom. The lowest BCUT2D eigenvalue weighted by molar-refractivity contribution is -0.152. The van der Waals surface area contributed by atoms with Crippen molar-refractivity contribution in [1.29, 1.82) is 0 Å². The molecule has 0 bridgehead atoms. The van der Waals surface area contributed by atoms with Crippen molar-refractivity contribution in [3.63, 3.8) is 0 Å². The van der Waals surface area contributed by atoms with Gasteiger partial charge in [0.05, 0.1) is 17.4 Å². The normalized spacial score (nSPS) is 31.8. The van der Waals surface area contributed by atoms with Gasteiger partial charge in [-0.25, -0.2) is 0 Å². The summed E-state index contributed by atoms with van der Waals surface area (Å²) in [6, 6.07) is 8.68. The van der Waals surface area contributed by atoms with E-state index < -0.39 is 29.1 Å². The average molecular weight is 536 g/mol. The van der Waals surface area contributed by atoms with E-state index in [1.807, 2.05) is 66.5 Å². The number of nitrogens with zero attached hydrogens (tertiary/aromatic N) is 3. The van der Waals surface area contributed by atoms with Gasteiger partial charge in [0.2, 0.25) is 17.7 Å². The van der Waals surface area contributed by atoms with Crippen LogP contribution in [0.5, 0.6) is 0 Å². The van der Waals surface area contributed by atoms with Crippen LogP contribution in [0.25, 0.3) is 0 Å². The minimum absolute atomic E-state index is 0.0195. The summed E-state index contributed by atoms with van der Waals surface area (Å²) in [5.41, 5.74) is -1.44. The van der Waals surface area contributed by atoms with E-state index in [1.165, 1.54) is 0 Å². The quantitative estimate of drug-likeness (QED) is 0.367. The minimum Gasteiger partial charge on any atom is -0.396 e. The molecule has 5 atom stereocenters. The van der Waals surface area contributed by atoms with Crippen molar-refractivity contribution in [3.05, 3.63) is 54.6 Å². The van der Waals surface area contributed by atoms with Gasteiger partial charge in [0.25, 0.3) is 0 Å². The van der Waals surface area contributed by atoms with Gasteiger partial charge in [-0.3, -0.25) is 14.4 Å². The van der Waals surface area contributed by atoms with E-state index in [1.54, 1.807) is 9.80 Å². The van der Waals surface area contributed by atoms with E-state index in [4.69, 9.17) is 4.74 Å². The summed E-state index contributed by atoms with van der Waals surface area (Å²) < 4.78 is 7.00. The fraction of sp³-hybridized carbons (Fsp3) is 0.581. The average Bonchev–Trinajstić information content (AvgIpc) is 3.23. The van der Waals surface area contributed by atoms with Gasteiger partial charge in [0, 0.05) is 38.5 Å². The molecule has 8 nitrogen and oxygen atoms in total. The number of amides is 3. The number of fused-ring (bicyclic) bond motifs is 2. The number of hydrogen-bond donors (Lipinski definition) is 1. The third kappa shape index (κ3) is 4.51. The van der Waals surface area contributed by atoms with Crippen LogP contribution in [0.4, 0.5) is 5.69 Å². The van der Waals surface area contributed by atoms with Crippen molar-refractivity contribution in [3.8, 4) is 0 Å². The number of likely N-dealkylation sites (tertiary alicyclic amines) is 1. The van der Waals surface area contributed by atoms with Crippen LogP contribution in [-0.2, 0) is 19.1 Å². The van der Waals surface area contributed by atoms with Gasteiger partial charge in [0.1, 0.15) is 11.6 Å². The molecule has 0 aromatic heterocycles. The molecular formula is C31H41N3O5. The lowest BCUT2D eigenvalue weighted by Crippen LogP contribution is -2.56. The van der Waals surface area contributed by atoms with Gasteiger partial charge < -0.3 is 24.5 Å². The molecule has 39 heavy (non-hydrogen) atoms. The van der Waals surface area contributed by atoms with E-state index in [0.29, 0.717) is 45.4 Å². The fourth-order valence-corrected chi connectivity index (χ4v) is 7.03. The third-order valence-corrected chi connectivity index (χ3v) is 8.93. The second-order valence-corrected chi connectivity index (χ2v) is 11.2. The molecule has 1 aromatic carbocycles. The first-order chi connectivity index (χ1) is 18.9. The van der Waals surface area contributed by atoms with Crippen molar-refractivity contribution in [2.75, 3.05) is 37.7 Å². The van der Waals surface area contributed by atoms with E-state index in [-0.39, 0.29) is 24.3 Å². The third-order valence-electron chi connectivity index (χ3n) is 8.93. The molecule has 1 aromatic rings. The number of carbonyl (C=O) groups is 3. The summed E-state index contributed by atoms with van der Waals surface area (Å²) >= 11 is 0. The molecule has 4 aliphatic heterocycles. The molecule has 3 amide bonds. The highest BCUT2D eigenvalue weighted by atomic mass is 16.5. The molecule has 2 fully saturated rings. The maximum Gasteiger partial charge on any atom is 0.249 e. The number of benzene rings is 1. The number of para-hydroxylation sites is 1. The van der Waals surface area contributed by atoms with Gasteiger partial charge in [-0.05, 0) is 37.8 Å². The zero-order valence-electron chi connectivity index (χ0n) is 23.1. The highest BCUT2D eigenvalue weighted by Crippen LogP contribution is 2.58. The first-order valence-corrected chi connectivity index (χ1v) is 14.6. The van der Waals surface area contributed by atoms with Crippen LogP contribution in [-0.4, -0.2) is 82.7 Å². The number of carbonyl (C=O) groups excluding carboxylic acids is 3. The van der Waals surface area contributed by atoms with Gasteiger partial charge >= 0.3 is 0 Å². The Balaban J connectivity index is 1.59. The lowest BCUT2D eigenvalue weighted by Gasteiger charge is -2.38. The summed E-state index contributed by atoms with van der Waals surface area (Å²) in [7, 11) is 0. The molecule has 5 rings (SSSR count). The molecule has 0 saturated carbocycles. The number of rotatable bonds is 10. The van der Waals surface area contributed by atoms with Gasteiger partial charge in [-0.15, -0.1) is 0 Å². The second kappa shape index (κ2) is 11.3. The van der Waals surface area contributed by atoms with Gasteiger partial charge in [-0.1, -0.05) is 69.2 Å². The Kier molecular flexibility index (Phi) is 7.96. The number of unbranched alkanes of at least 4 members (excludes halogenated alkanes) is 3. The van der Waals surface area contributed by atoms with Crippen LogP contribution in [0.3, 0.4) is 0 Å². The maximum absolute atomic E-state index is 14.4. The summed E-state index contributed by atoms with van der Waals surface area (Å²) in [5.74, 6) is -2.04. The predicted octanol–water partition coefficient (Wildman–Crippen LogP) is 3.31. The Hall–Kier alpha value is -2.97.